The Morgan fingerprint density at radius 2 is 2.17 bits per heavy atom. The Morgan fingerprint density at radius 1 is 1.44 bits per heavy atom. The number of carboxylic acid groups (broad SMARTS) is 1. The number of aliphatic carboxylic acids is 1. The number of carboxylic acids is 1. The molecule has 1 aliphatic rings. The maximum atomic E-state index is 11.6. The van der Waals surface area contributed by atoms with Crippen LogP contribution in [0, 0.1) is 0 Å². The summed E-state index contributed by atoms with van der Waals surface area (Å²) in [6.45, 7) is 0. The third kappa shape index (κ3) is 3.69. The van der Waals surface area contributed by atoms with Crippen LogP contribution < -0.4 is 10.6 Å². The number of aromatic nitrogens is 1. The van der Waals surface area contributed by atoms with Crippen molar-refractivity contribution in [1.82, 2.24) is 10.3 Å². The van der Waals surface area contributed by atoms with Crippen LogP contribution in [0.4, 0.5) is 9.93 Å². The second kappa shape index (κ2) is 5.81. The van der Waals surface area contributed by atoms with Crippen molar-refractivity contribution in [3.8, 4) is 0 Å². The summed E-state index contributed by atoms with van der Waals surface area (Å²) in [5, 5.41) is 16.2. The number of carbonyl (C=O) groups excluding carboxylic acids is 1. The molecule has 0 radical (unpaired) electrons. The van der Waals surface area contributed by atoms with Gasteiger partial charge in [-0.3, -0.25) is 10.1 Å². The largest absolute Gasteiger partial charge is 0.481 e. The molecule has 0 aromatic carbocycles. The van der Waals surface area contributed by atoms with Gasteiger partial charge in [0.1, 0.15) is 0 Å². The molecule has 0 aliphatic heterocycles. The molecule has 0 unspecified atom stereocenters. The molecule has 7 heteroatoms. The number of hydrogen-bond donors (Lipinski definition) is 3. The van der Waals surface area contributed by atoms with Gasteiger partial charge < -0.3 is 10.4 Å². The maximum absolute atomic E-state index is 11.6. The summed E-state index contributed by atoms with van der Waals surface area (Å²) in [6.07, 6.45) is 4.24. The molecule has 1 fully saturated rings. The van der Waals surface area contributed by atoms with Crippen LogP contribution in [0.5, 0.6) is 0 Å². The fourth-order valence-electron chi connectivity index (χ4n) is 1.99. The van der Waals surface area contributed by atoms with Gasteiger partial charge in [0, 0.05) is 11.4 Å². The summed E-state index contributed by atoms with van der Waals surface area (Å²) in [5.74, 6) is -0.928. The second-order valence-electron chi connectivity index (χ2n) is 4.29. The summed E-state index contributed by atoms with van der Waals surface area (Å²) < 4.78 is 0. The molecule has 18 heavy (non-hydrogen) atoms. The van der Waals surface area contributed by atoms with E-state index in [0.717, 1.165) is 25.7 Å². The molecule has 1 heterocycles. The Bertz CT molecular complexity index is 440. The first-order chi connectivity index (χ1) is 8.63. The summed E-state index contributed by atoms with van der Waals surface area (Å²) in [7, 11) is 0. The average Bonchev–Trinajstić information content (AvgIpc) is 2.89. The van der Waals surface area contributed by atoms with Gasteiger partial charge in [-0.15, -0.1) is 11.3 Å². The molecule has 0 atom stereocenters. The number of amides is 2. The van der Waals surface area contributed by atoms with Crippen molar-refractivity contribution < 1.29 is 14.7 Å². The van der Waals surface area contributed by atoms with E-state index in [2.05, 4.69) is 15.6 Å². The molecular weight excluding hydrogens is 254 g/mol. The van der Waals surface area contributed by atoms with Crippen molar-refractivity contribution in [2.24, 2.45) is 0 Å². The first kappa shape index (κ1) is 12.8. The van der Waals surface area contributed by atoms with Gasteiger partial charge in [0.05, 0.1) is 12.1 Å². The molecule has 3 N–H and O–H groups in total. The van der Waals surface area contributed by atoms with Crippen LogP contribution in [0.1, 0.15) is 31.4 Å². The molecule has 98 valence electrons. The van der Waals surface area contributed by atoms with Crippen LogP contribution >= 0.6 is 11.3 Å². The Hall–Kier alpha value is -1.63. The predicted molar refractivity (Wildman–Crippen MR) is 67.9 cm³/mol. The molecule has 0 bridgehead atoms. The highest BCUT2D eigenvalue weighted by atomic mass is 32.1. The maximum Gasteiger partial charge on any atom is 0.321 e. The molecule has 1 aromatic heterocycles. The average molecular weight is 269 g/mol. The van der Waals surface area contributed by atoms with E-state index in [1.54, 1.807) is 5.38 Å². The van der Waals surface area contributed by atoms with Gasteiger partial charge in [-0.05, 0) is 12.8 Å². The van der Waals surface area contributed by atoms with Crippen molar-refractivity contribution in [2.45, 2.75) is 38.1 Å². The summed E-state index contributed by atoms with van der Waals surface area (Å²) in [6, 6.07) is -0.0124. The molecule has 6 nitrogen and oxygen atoms in total. The number of nitrogens with zero attached hydrogens (tertiary/aromatic N) is 1. The highest BCUT2D eigenvalue weighted by Crippen LogP contribution is 2.19. The van der Waals surface area contributed by atoms with Gasteiger partial charge in [-0.1, -0.05) is 12.8 Å². The number of rotatable bonds is 4. The minimum atomic E-state index is -0.928. The minimum Gasteiger partial charge on any atom is -0.481 e. The molecule has 1 saturated carbocycles. The predicted octanol–water partition coefficient (Wildman–Crippen LogP) is 1.83. The zero-order chi connectivity index (χ0) is 13.0. The smallest absolute Gasteiger partial charge is 0.321 e. The van der Waals surface area contributed by atoms with Gasteiger partial charge >= 0.3 is 12.0 Å². The third-order valence-corrected chi connectivity index (χ3v) is 3.60. The van der Waals surface area contributed by atoms with Crippen molar-refractivity contribution in [3.63, 3.8) is 0 Å². The van der Waals surface area contributed by atoms with Gasteiger partial charge in [0.15, 0.2) is 5.13 Å². The van der Waals surface area contributed by atoms with E-state index in [1.165, 1.54) is 11.3 Å². The minimum absolute atomic E-state index is 0.123. The molecular formula is C11H15N3O3S. The highest BCUT2D eigenvalue weighted by molar-refractivity contribution is 7.13. The first-order valence-corrected chi connectivity index (χ1v) is 6.75. The number of nitrogens with one attached hydrogen (secondary N) is 2. The van der Waals surface area contributed by atoms with E-state index in [-0.39, 0.29) is 18.5 Å². The van der Waals surface area contributed by atoms with Crippen molar-refractivity contribution in [2.75, 3.05) is 5.32 Å². The lowest BCUT2D eigenvalue weighted by molar-refractivity contribution is -0.136. The van der Waals surface area contributed by atoms with Gasteiger partial charge in [-0.25, -0.2) is 9.78 Å². The van der Waals surface area contributed by atoms with Crippen molar-refractivity contribution in [3.05, 3.63) is 11.1 Å². The summed E-state index contributed by atoms with van der Waals surface area (Å²) >= 11 is 1.23. The Balaban J connectivity index is 1.82. The van der Waals surface area contributed by atoms with E-state index in [4.69, 9.17) is 5.11 Å². The standard InChI is InChI=1S/C11H15N3O3S/c15-9(16)5-8-6-18-11(13-8)14-10(17)12-7-3-1-2-4-7/h6-7H,1-5H2,(H,15,16)(H2,12,13,14,17). The third-order valence-electron chi connectivity index (χ3n) is 2.79. The number of urea groups is 1. The Kier molecular flexibility index (Phi) is 4.14. The van der Waals surface area contributed by atoms with E-state index in [1.807, 2.05) is 0 Å². The SMILES string of the molecule is O=C(O)Cc1csc(NC(=O)NC2CCCC2)n1. The van der Waals surface area contributed by atoms with E-state index < -0.39 is 5.97 Å². The van der Waals surface area contributed by atoms with E-state index >= 15 is 0 Å². The quantitative estimate of drug-likeness (QED) is 0.777. The lowest BCUT2D eigenvalue weighted by Gasteiger charge is -2.11. The van der Waals surface area contributed by atoms with Crippen molar-refractivity contribution >= 4 is 28.5 Å². The zero-order valence-corrected chi connectivity index (χ0v) is 10.6. The summed E-state index contributed by atoms with van der Waals surface area (Å²) in [5.41, 5.74) is 0.462. The van der Waals surface area contributed by atoms with Crippen LogP contribution in [0.3, 0.4) is 0 Å². The zero-order valence-electron chi connectivity index (χ0n) is 9.81. The fraction of sp³-hybridized carbons (Fsp3) is 0.545. The van der Waals surface area contributed by atoms with Crippen LogP contribution in [0.25, 0.3) is 0 Å². The normalized spacial score (nSPS) is 15.6. The molecule has 1 aliphatic carbocycles. The molecule has 0 saturated heterocycles. The van der Waals surface area contributed by atoms with E-state index in [9.17, 15) is 9.59 Å². The summed E-state index contributed by atoms with van der Waals surface area (Å²) in [4.78, 5) is 26.2. The number of carbonyl (C=O) groups is 2. The van der Waals surface area contributed by atoms with E-state index in [0.29, 0.717) is 10.8 Å². The molecule has 0 spiro atoms. The topological polar surface area (TPSA) is 91.3 Å². The molecule has 2 amide bonds. The lowest BCUT2D eigenvalue weighted by Crippen LogP contribution is -2.36. The Morgan fingerprint density at radius 3 is 2.83 bits per heavy atom. The van der Waals surface area contributed by atoms with Crippen LogP contribution in [0.15, 0.2) is 5.38 Å². The van der Waals surface area contributed by atoms with Gasteiger partial charge in [0.25, 0.3) is 0 Å². The number of anilines is 1. The molecule has 1 aromatic rings. The lowest BCUT2D eigenvalue weighted by atomic mass is 10.3. The first-order valence-electron chi connectivity index (χ1n) is 5.87. The van der Waals surface area contributed by atoms with Crippen LogP contribution in [-0.2, 0) is 11.2 Å². The van der Waals surface area contributed by atoms with Crippen molar-refractivity contribution in [1.29, 1.82) is 0 Å². The monoisotopic (exact) mass is 269 g/mol. The van der Waals surface area contributed by atoms with Crippen LogP contribution in [-0.4, -0.2) is 28.1 Å². The van der Waals surface area contributed by atoms with Gasteiger partial charge in [0.2, 0.25) is 0 Å². The van der Waals surface area contributed by atoms with Gasteiger partial charge in [-0.2, -0.15) is 0 Å². The Labute approximate surface area is 108 Å². The fourth-order valence-corrected chi connectivity index (χ4v) is 2.69. The van der Waals surface area contributed by atoms with Crippen LogP contribution in [0.2, 0.25) is 0 Å². The highest BCUT2D eigenvalue weighted by Gasteiger charge is 2.17. The molecule has 2 rings (SSSR count). The second-order valence-corrected chi connectivity index (χ2v) is 5.15. The number of thiazole rings is 1. The number of hydrogen-bond acceptors (Lipinski definition) is 4.